The Balaban J connectivity index is 2.20. The molecule has 8 heteroatoms. The highest BCUT2D eigenvalue weighted by Gasteiger charge is 2.33. The van der Waals surface area contributed by atoms with Gasteiger partial charge in [-0.2, -0.15) is 0 Å². The molecule has 1 aromatic carbocycles. The number of anilines is 1. The lowest BCUT2D eigenvalue weighted by Crippen LogP contribution is -2.26. The van der Waals surface area contributed by atoms with E-state index in [1.807, 2.05) is 6.92 Å². The maximum absolute atomic E-state index is 12.0. The largest absolute Gasteiger partial charge is 0.393 e. The Kier molecular flexibility index (Phi) is 3.46. The molecule has 2 atom stereocenters. The molecule has 1 aliphatic carbocycles. The third kappa shape index (κ3) is 3.02. The van der Waals surface area contributed by atoms with Crippen LogP contribution < -0.4 is 10.5 Å². The summed E-state index contributed by atoms with van der Waals surface area (Å²) in [4.78, 5) is 9.90. The summed E-state index contributed by atoms with van der Waals surface area (Å²) in [5, 5.41) is 10.7. The Hall–Kier alpha value is -1.67. The van der Waals surface area contributed by atoms with Crippen LogP contribution in [-0.2, 0) is 10.0 Å². The minimum Gasteiger partial charge on any atom is -0.393 e. The Morgan fingerprint density at radius 2 is 2.16 bits per heavy atom. The lowest BCUT2D eigenvalue weighted by atomic mass is 10.3. The molecule has 1 fully saturated rings. The van der Waals surface area contributed by atoms with E-state index in [1.54, 1.807) is 0 Å². The molecule has 2 unspecified atom stereocenters. The fourth-order valence-corrected chi connectivity index (χ4v) is 2.95. The minimum absolute atomic E-state index is 0.0558. The summed E-state index contributed by atoms with van der Waals surface area (Å²) in [6, 6.07) is 3.47. The number of nitrogens with zero attached hydrogens (tertiary/aromatic N) is 1. The highest BCUT2D eigenvalue weighted by molar-refractivity contribution is 7.89. The van der Waals surface area contributed by atoms with Crippen LogP contribution in [0, 0.1) is 22.0 Å². The molecule has 0 aromatic heterocycles. The Morgan fingerprint density at radius 1 is 1.53 bits per heavy atom. The van der Waals surface area contributed by atoms with Crippen molar-refractivity contribution in [3.8, 4) is 0 Å². The van der Waals surface area contributed by atoms with Crippen molar-refractivity contribution in [3.05, 3.63) is 28.3 Å². The standard InChI is InChI=1S/C11H15N3O4S/c1-7-4-8(7)6-13-19(17,18)9-2-3-10(12)11(5-9)14(15)16/h2-3,5,7-8,13H,4,6,12H2,1H3. The first-order chi connectivity index (χ1) is 8.81. The smallest absolute Gasteiger partial charge is 0.293 e. The zero-order chi connectivity index (χ0) is 14.2. The van der Waals surface area contributed by atoms with Crippen LogP contribution in [0.5, 0.6) is 0 Å². The van der Waals surface area contributed by atoms with Gasteiger partial charge in [-0.3, -0.25) is 10.1 Å². The highest BCUT2D eigenvalue weighted by Crippen LogP contribution is 2.37. The van der Waals surface area contributed by atoms with E-state index in [0.29, 0.717) is 18.4 Å². The zero-order valence-electron chi connectivity index (χ0n) is 10.4. The van der Waals surface area contributed by atoms with Crippen LogP contribution in [0.4, 0.5) is 11.4 Å². The summed E-state index contributed by atoms with van der Waals surface area (Å²) in [7, 11) is -3.72. The Bertz CT molecular complexity index is 614. The number of hydrogen-bond acceptors (Lipinski definition) is 5. The van der Waals surface area contributed by atoms with Crippen molar-refractivity contribution in [1.29, 1.82) is 0 Å². The quantitative estimate of drug-likeness (QED) is 0.477. The fraction of sp³-hybridized carbons (Fsp3) is 0.455. The maximum atomic E-state index is 12.0. The summed E-state index contributed by atoms with van der Waals surface area (Å²) in [5.41, 5.74) is 4.97. The average Bonchev–Trinajstić information content (AvgIpc) is 3.03. The van der Waals surface area contributed by atoms with Gasteiger partial charge in [0.15, 0.2) is 0 Å². The molecular weight excluding hydrogens is 270 g/mol. The van der Waals surface area contributed by atoms with Crippen LogP contribution in [-0.4, -0.2) is 19.9 Å². The number of benzene rings is 1. The van der Waals surface area contributed by atoms with Gasteiger partial charge in [-0.05, 0) is 30.4 Å². The number of nitrogens with one attached hydrogen (secondary N) is 1. The van der Waals surface area contributed by atoms with Gasteiger partial charge in [0, 0.05) is 12.6 Å². The molecule has 19 heavy (non-hydrogen) atoms. The Labute approximate surface area is 111 Å². The minimum atomic E-state index is -3.72. The molecule has 1 aliphatic rings. The summed E-state index contributed by atoms with van der Waals surface area (Å²) in [6.45, 7) is 2.41. The van der Waals surface area contributed by atoms with Crippen LogP contribution in [0.3, 0.4) is 0 Å². The summed E-state index contributed by atoms with van der Waals surface area (Å²) >= 11 is 0. The monoisotopic (exact) mass is 285 g/mol. The predicted molar refractivity (Wildman–Crippen MR) is 70.0 cm³/mol. The fourth-order valence-electron chi connectivity index (χ4n) is 1.83. The molecule has 2 rings (SSSR count). The van der Waals surface area contributed by atoms with E-state index < -0.39 is 20.6 Å². The van der Waals surface area contributed by atoms with Crippen LogP contribution in [0.25, 0.3) is 0 Å². The number of hydrogen-bond donors (Lipinski definition) is 2. The molecule has 0 amide bonds. The van der Waals surface area contributed by atoms with Gasteiger partial charge in [-0.15, -0.1) is 0 Å². The summed E-state index contributed by atoms with van der Waals surface area (Å²) in [6.07, 6.45) is 1.00. The predicted octanol–water partition coefficient (Wildman–Crippen LogP) is 1.11. The second-order valence-corrected chi connectivity index (χ2v) is 6.57. The molecule has 1 saturated carbocycles. The van der Waals surface area contributed by atoms with Gasteiger partial charge in [-0.25, -0.2) is 13.1 Å². The van der Waals surface area contributed by atoms with E-state index in [0.717, 1.165) is 12.5 Å². The first kappa shape index (κ1) is 13.8. The molecule has 7 nitrogen and oxygen atoms in total. The number of sulfonamides is 1. The van der Waals surface area contributed by atoms with Gasteiger partial charge in [0.2, 0.25) is 10.0 Å². The van der Waals surface area contributed by atoms with E-state index >= 15 is 0 Å². The van der Waals surface area contributed by atoms with Gasteiger partial charge in [0.25, 0.3) is 5.69 Å². The molecule has 0 heterocycles. The van der Waals surface area contributed by atoms with Crippen LogP contribution >= 0.6 is 0 Å². The second kappa shape index (κ2) is 4.78. The molecule has 1 aromatic rings. The highest BCUT2D eigenvalue weighted by atomic mass is 32.2. The van der Waals surface area contributed by atoms with Crippen molar-refractivity contribution in [2.24, 2.45) is 11.8 Å². The normalized spacial score (nSPS) is 22.2. The first-order valence-electron chi connectivity index (χ1n) is 5.85. The van der Waals surface area contributed by atoms with E-state index in [-0.39, 0.29) is 10.6 Å². The number of nitro groups is 1. The molecule has 0 bridgehead atoms. The molecule has 0 aliphatic heterocycles. The topological polar surface area (TPSA) is 115 Å². The van der Waals surface area contributed by atoms with Gasteiger partial charge in [0.05, 0.1) is 9.82 Å². The van der Waals surface area contributed by atoms with Crippen molar-refractivity contribution in [2.75, 3.05) is 12.3 Å². The lowest BCUT2D eigenvalue weighted by Gasteiger charge is -2.06. The van der Waals surface area contributed by atoms with E-state index in [2.05, 4.69) is 4.72 Å². The van der Waals surface area contributed by atoms with Crippen molar-refractivity contribution >= 4 is 21.4 Å². The lowest BCUT2D eigenvalue weighted by molar-refractivity contribution is -0.384. The number of nitro benzene ring substituents is 1. The molecule has 0 saturated heterocycles. The van der Waals surface area contributed by atoms with Crippen LogP contribution in [0.1, 0.15) is 13.3 Å². The molecular formula is C11H15N3O4S. The molecule has 104 valence electrons. The molecule has 0 radical (unpaired) electrons. The SMILES string of the molecule is CC1CC1CNS(=O)(=O)c1ccc(N)c([N+](=O)[O-])c1. The number of rotatable bonds is 5. The van der Waals surface area contributed by atoms with Gasteiger partial charge < -0.3 is 5.73 Å². The summed E-state index contributed by atoms with van der Waals surface area (Å²) in [5.74, 6) is 0.891. The van der Waals surface area contributed by atoms with Crippen molar-refractivity contribution in [3.63, 3.8) is 0 Å². The molecule has 0 spiro atoms. The average molecular weight is 285 g/mol. The van der Waals surface area contributed by atoms with Crippen LogP contribution in [0.15, 0.2) is 23.1 Å². The van der Waals surface area contributed by atoms with Gasteiger partial charge in [0.1, 0.15) is 5.69 Å². The van der Waals surface area contributed by atoms with E-state index in [9.17, 15) is 18.5 Å². The third-order valence-corrected chi connectivity index (χ3v) is 4.74. The Morgan fingerprint density at radius 3 is 2.68 bits per heavy atom. The number of nitrogen functional groups attached to an aromatic ring is 1. The zero-order valence-corrected chi connectivity index (χ0v) is 11.2. The second-order valence-electron chi connectivity index (χ2n) is 4.80. The van der Waals surface area contributed by atoms with Crippen molar-refractivity contribution < 1.29 is 13.3 Å². The van der Waals surface area contributed by atoms with Crippen molar-refractivity contribution in [2.45, 2.75) is 18.2 Å². The van der Waals surface area contributed by atoms with Gasteiger partial charge in [-0.1, -0.05) is 6.92 Å². The number of nitrogens with two attached hydrogens (primary N) is 1. The van der Waals surface area contributed by atoms with Crippen molar-refractivity contribution in [1.82, 2.24) is 4.72 Å². The maximum Gasteiger partial charge on any atom is 0.293 e. The van der Waals surface area contributed by atoms with Gasteiger partial charge >= 0.3 is 0 Å². The molecule has 3 N–H and O–H groups in total. The van der Waals surface area contributed by atoms with E-state index in [4.69, 9.17) is 5.73 Å². The third-order valence-electron chi connectivity index (χ3n) is 3.32. The van der Waals surface area contributed by atoms with Crippen LogP contribution in [0.2, 0.25) is 0 Å². The first-order valence-corrected chi connectivity index (χ1v) is 7.33. The van der Waals surface area contributed by atoms with E-state index in [1.165, 1.54) is 12.1 Å². The summed E-state index contributed by atoms with van der Waals surface area (Å²) < 4.78 is 26.4.